The van der Waals surface area contributed by atoms with Gasteiger partial charge in [0.1, 0.15) is 0 Å². The van der Waals surface area contributed by atoms with Gasteiger partial charge in [0.25, 0.3) is 0 Å². The molecule has 0 aliphatic rings. The Labute approximate surface area is 93.4 Å². The summed E-state index contributed by atoms with van der Waals surface area (Å²) in [7, 11) is -0.270. The predicted octanol–water partition coefficient (Wildman–Crippen LogP) is 2.05. The van der Waals surface area contributed by atoms with Gasteiger partial charge in [-0.25, -0.2) is 12.7 Å². The molecule has 0 N–H and O–H groups in total. The summed E-state index contributed by atoms with van der Waals surface area (Å²) in [6.07, 6.45) is 0. The fraction of sp³-hybridized carbons (Fsp3) is 0.500. The molecule has 0 aromatic carbocycles. The van der Waals surface area contributed by atoms with E-state index in [0.717, 1.165) is 9.75 Å². The molecule has 14 heavy (non-hydrogen) atoms. The van der Waals surface area contributed by atoms with Gasteiger partial charge in [-0.2, -0.15) is 0 Å². The van der Waals surface area contributed by atoms with E-state index in [1.807, 2.05) is 0 Å². The molecule has 0 atom stereocenters. The molecular formula is C8H12ClNO2S2. The lowest BCUT2D eigenvalue weighted by Gasteiger charge is -2.10. The predicted molar refractivity (Wildman–Crippen MR) is 59.5 cm³/mol. The van der Waals surface area contributed by atoms with Crippen molar-refractivity contribution in [3.63, 3.8) is 0 Å². The standard InChI is InChI=1S/C8H12ClNO2S2/c1-6-8(4-7(5-9)13-6)14(11,12)10(2)3/h4H,5H2,1-3H3. The number of aryl methyl sites for hydroxylation is 1. The number of alkyl halides is 1. The van der Waals surface area contributed by atoms with Crippen molar-refractivity contribution in [2.45, 2.75) is 17.7 Å². The van der Waals surface area contributed by atoms with Crippen LogP contribution in [0, 0.1) is 6.92 Å². The highest BCUT2D eigenvalue weighted by atomic mass is 35.5. The van der Waals surface area contributed by atoms with Gasteiger partial charge in [-0.3, -0.25) is 0 Å². The van der Waals surface area contributed by atoms with Crippen LogP contribution in [-0.4, -0.2) is 26.8 Å². The fourth-order valence-electron chi connectivity index (χ4n) is 1.04. The SMILES string of the molecule is Cc1sc(CCl)cc1S(=O)(=O)N(C)C. The van der Waals surface area contributed by atoms with Gasteiger partial charge in [0.2, 0.25) is 10.0 Å². The van der Waals surface area contributed by atoms with Crippen molar-refractivity contribution >= 4 is 33.0 Å². The van der Waals surface area contributed by atoms with Crippen molar-refractivity contribution in [3.05, 3.63) is 15.8 Å². The number of hydrogen-bond acceptors (Lipinski definition) is 3. The van der Waals surface area contributed by atoms with Crippen LogP contribution in [-0.2, 0) is 15.9 Å². The Hall–Kier alpha value is -0.100. The minimum Gasteiger partial charge on any atom is -0.207 e. The minimum atomic E-state index is -3.31. The molecule has 0 aliphatic carbocycles. The van der Waals surface area contributed by atoms with Gasteiger partial charge in [0.05, 0.1) is 10.8 Å². The highest BCUT2D eigenvalue weighted by Gasteiger charge is 2.21. The van der Waals surface area contributed by atoms with Crippen LogP contribution >= 0.6 is 22.9 Å². The molecule has 1 aromatic rings. The van der Waals surface area contributed by atoms with E-state index in [2.05, 4.69) is 0 Å². The van der Waals surface area contributed by atoms with Gasteiger partial charge < -0.3 is 0 Å². The van der Waals surface area contributed by atoms with E-state index in [1.54, 1.807) is 13.0 Å². The van der Waals surface area contributed by atoms with Crippen molar-refractivity contribution in [3.8, 4) is 0 Å². The number of hydrogen-bond donors (Lipinski definition) is 0. The van der Waals surface area contributed by atoms with E-state index < -0.39 is 10.0 Å². The van der Waals surface area contributed by atoms with Gasteiger partial charge in [-0.1, -0.05) is 0 Å². The lowest BCUT2D eigenvalue weighted by Crippen LogP contribution is -2.22. The normalized spacial score (nSPS) is 12.4. The second-order valence-corrected chi connectivity index (χ2v) is 6.78. The average Bonchev–Trinajstić information content (AvgIpc) is 2.47. The summed E-state index contributed by atoms with van der Waals surface area (Å²) in [5, 5.41) is 0. The maximum absolute atomic E-state index is 11.8. The van der Waals surface area contributed by atoms with Crippen molar-refractivity contribution in [2.24, 2.45) is 0 Å². The largest absolute Gasteiger partial charge is 0.243 e. The summed E-state index contributed by atoms with van der Waals surface area (Å²) in [6.45, 7) is 1.79. The maximum atomic E-state index is 11.8. The number of thiophene rings is 1. The Kier molecular flexibility index (Phi) is 3.58. The maximum Gasteiger partial charge on any atom is 0.243 e. The Bertz CT molecular complexity index is 423. The second-order valence-electron chi connectivity index (χ2n) is 3.05. The van der Waals surface area contributed by atoms with Gasteiger partial charge >= 0.3 is 0 Å². The van der Waals surface area contributed by atoms with Gasteiger partial charge in [0, 0.05) is 23.8 Å². The van der Waals surface area contributed by atoms with E-state index in [-0.39, 0.29) is 0 Å². The summed E-state index contributed by atoms with van der Waals surface area (Å²) in [5.41, 5.74) is 0. The highest BCUT2D eigenvalue weighted by Crippen LogP contribution is 2.28. The first kappa shape index (κ1) is 12.0. The lowest BCUT2D eigenvalue weighted by atomic mass is 10.4. The zero-order valence-electron chi connectivity index (χ0n) is 8.24. The van der Waals surface area contributed by atoms with Crippen LogP contribution in [0.5, 0.6) is 0 Å². The Balaban J connectivity index is 3.26. The molecule has 3 nitrogen and oxygen atoms in total. The number of rotatable bonds is 3. The van der Waals surface area contributed by atoms with Crippen molar-refractivity contribution in [2.75, 3.05) is 14.1 Å². The zero-order chi connectivity index (χ0) is 10.9. The number of halogens is 1. The van der Waals surface area contributed by atoms with E-state index in [4.69, 9.17) is 11.6 Å². The van der Waals surface area contributed by atoms with E-state index in [1.165, 1.54) is 29.7 Å². The van der Waals surface area contributed by atoms with Crippen LogP contribution in [0.2, 0.25) is 0 Å². The van der Waals surface area contributed by atoms with Gasteiger partial charge in [-0.15, -0.1) is 22.9 Å². The first-order valence-electron chi connectivity index (χ1n) is 3.97. The summed E-state index contributed by atoms with van der Waals surface area (Å²) in [6, 6.07) is 1.64. The Morgan fingerprint density at radius 2 is 2.07 bits per heavy atom. The molecule has 6 heteroatoms. The van der Waals surface area contributed by atoms with Crippen LogP contribution in [0.3, 0.4) is 0 Å². The van der Waals surface area contributed by atoms with Crippen molar-refractivity contribution in [1.29, 1.82) is 0 Å². The van der Waals surface area contributed by atoms with Crippen LogP contribution in [0.15, 0.2) is 11.0 Å². The van der Waals surface area contributed by atoms with Crippen LogP contribution in [0.4, 0.5) is 0 Å². The highest BCUT2D eigenvalue weighted by molar-refractivity contribution is 7.89. The molecule has 1 rings (SSSR count). The van der Waals surface area contributed by atoms with E-state index >= 15 is 0 Å². The third kappa shape index (κ3) is 2.11. The van der Waals surface area contributed by atoms with Crippen molar-refractivity contribution in [1.82, 2.24) is 4.31 Å². The third-order valence-corrected chi connectivity index (χ3v) is 5.38. The van der Waals surface area contributed by atoms with Crippen molar-refractivity contribution < 1.29 is 8.42 Å². The Morgan fingerprint density at radius 1 is 1.50 bits per heavy atom. The summed E-state index contributed by atoms with van der Waals surface area (Å²) in [5.74, 6) is 0.356. The van der Waals surface area contributed by atoms with Crippen LogP contribution in [0.25, 0.3) is 0 Å². The molecule has 0 fully saturated rings. The van der Waals surface area contributed by atoms with Crippen LogP contribution < -0.4 is 0 Å². The second kappa shape index (κ2) is 4.18. The molecule has 0 saturated heterocycles. The Morgan fingerprint density at radius 3 is 2.43 bits per heavy atom. The minimum absolute atomic E-state index is 0.356. The molecule has 1 heterocycles. The number of nitrogens with zero attached hydrogens (tertiary/aromatic N) is 1. The smallest absolute Gasteiger partial charge is 0.207 e. The van der Waals surface area contributed by atoms with Gasteiger partial charge in [0.15, 0.2) is 0 Å². The lowest BCUT2D eigenvalue weighted by molar-refractivity contribution is 0.520. The molecule has 0 spiro atoms. The molecule has 0 bridgehead atoms. The molecule has 0 amide bonds. The third-order valence-electron chi connectivity index (χ3n) is 1.81. The number of sulfonamides is 1. The quantitative estimate of drug-likeness (QED) is 0.774. The van der Waals surface area contributed by atoms with E-state index in [0.29, 0.717) is 10.8 Å². The molecule has 0 radical (unpaired) electrons. The summed E-state index contributed by atoms with van der Waals surface area (Å²) >= 11 is 7.06. The van der Waals surface area contributed by atoms with Crippen LogP contribution in [0.1, 0.15) is 9.75 Å². The molecule has 1 aromatic heterocycles. The average molecular weight is 254 g/mol. The summed E-state index contributed by atoms with van der Waals surface area (Å²) in [4.78, 5) is 2.03. The fourth-order valence-corrected chi connectivity index (χ4v) is 3.63. The van der Waals surface area contributed by atoms with Gasteiger partial charge in [-0.05, 0) is 13.0 Å². The first-order chi connectivity index (χ1) is 6.39. The molecule has 0 unspecified atom stereocenters. The molecule has 80 valence electrons. The molecular weight excluding hydrogens is 242 g/mol. The summed E-state index contributed by atoms with van der Waals surface area (Å²) < 4.78 is 24.8. The zero-order valence-corrected chi connectivity index (χ0v) is 10.6. The molecule has 0 saturated carbocycles. The first-order valence-corrected chi connectivity index (χ1v) is 6.76. The molecule has 0 aliphatic heterocycles. The monoisotopic (exact) mass is 253 g/mol. The van der Waals surface area contributed by atoms with E-state index in [9.17, 15) is 8.42 Å². The topological polar surface area (TPSA) is 37.4 Å².